The molecule has 1 aromatic heterocycles. The van der Waals surface area contributed by atoms with Gasteiger partial charge in [0.15, 0.2) is 5.69 Å². The van der Waals surface area contributed by atoms with E-state index in [0.29, 0.717) is 6.07 Å². The Bertz CT molecular complexity index is 635. The normalized spacial score (nSPS) is 11.6. The van der Waals surface area contributed by atoms with E-state index in [9.17, 15) is 22.4 Å². The molecule has 0 radical (unpaired) electrons. The van der Waals surface area contributed by atoms with E-state index in [0.717, 1.165) is 12.1 Å². The van der Waals surface area contributed by atoms with Crippen LogP contribution in [0.3, 0.4) is 0 Å². The molecule has 1 heterocycles. The van der Waals surface area contributed by atoms with Crippen LogP contribution in [0.4, 0.5) is 17.6 Å². The maximum absolute atomic E-state index is 13.7. The van der Waals surface area contributed by atoms with Gasteiger partial charge in [0.05, 0.1) is 11.1 Å². The summed E-state index contributed by atoms with van der Waals surface area (Å²) >= 11 is 0. The second-order valence-electron chi connectivity index (χ2n) is 3.55. The van der Waals surface area contributed by atoms with Crippen LogP contribution in [0.2, 0.25) is 0 Å². The molecule has 0 bridgehead atoms. The minimum absolute atomic E-state index is 0.560. The second kappa shape index (κ2) is 4.34. The zero-order chi connectivity index (χ0) is 14.2. The monoisotopic (exact) mass is 274 g/mol. The van der Waals surface area contributed by atoms with Crippen molar-refractivity contribution in [3.63, 3.8) is 0 Å². The second-order valence-corrected chi connectivity index (χ2v) is 3.55. The Balaban J connectivity index is 2.75. The number of aromatic nitrogens is 3. The molecule has 0 spiro atoms. The summed E-state index contributed by atoms with van der Waals surface area (Å²) in [6, 6.07) is 2.41. The van der Waals surface area contributed by atoms with Crippen LogP contribution >= 0.6 is 0 Å². The third kappa shape index (κ3) is 2.26. The molecule has 100 valence electrons. The Morgan fingerprint density at radius 1 is 1.26 bits per heavy atom. The molecule has 9 heteroatoms. The molecule has 0 saturated carbocycles. The van der Waals surface area contributed by atoms with E-state index in [2.05, 4.69) is 10.2 Å². The fourth-order valence-corrected chi connectivity index (χ4v) is 1.58. The number of hydrogen-bond acceptors (Lipinski definition) is 3. The summed E-state index contributed by atoms with van der Waals surface area (Å²) in [7, 11) is 0. The lowest BCUT2D eigenvalue weighted by atomic mass is 10.0. The van der Waals surface area contributed by atoms with Crippen molar-refractivity contribution in [2.45, 2.75) is 6.18 Å². The summed E-state index contributed by atoms with van der Waals surface area (Å²) in [5.74, 6) is -2.29. The molecule has 2 rings (SSSR count). The van der Waals surface area contributed by atoms with Crippen molar-refractivity contribution in [1.29, 1.82) is 0 Å². The molecule has 0 aliphatic rings. The number of carbonyl (C=O) groups excluding carboxylic acids is 1. The molecule has 5 nitrogen and oxygen atoms in total. The zero-order valence-electron chi connectivity index (χ0n) is 9.12. The molecule has 19 heavy (non-hydrogen) atoms. The molecule has 0 saturated heterocycles. The molecule has 1 aromatic carbocycles. The van der Waals surface area contributed by atoms with E-state index < -0.39 is 40.4 Å². The van der Waals surface area contributed by atoms with E-state index in [1.165, 1.54) is 0 Å². The Morgan fingerprint density at radius 2 is 1.95 bits per heavy atom. The van der Waals surface area contributed by atoms with Crippen LogP contribution in [-0.4, -0.2) is 21.3 Å². The molecule has 0 fully saturated rings. The molecule has 0 aliphatic heterocycles. The van der Waals surface area contributed by atoms with E-state index in [4.69, 9.17) is 5.73 Å². The van der Waals surface area contributed by atoms with Crippen molar-refractivity contribution in [2.75, 3.05) is 0 Å². The van der Waals surface area contributed by atoms with E-state index in [-0.39, 0.29) is 0 Å². The van der Waals surface area contributed by atoms with E-state index in [1.807, 2.05) is 5.21 Å². The average Bonchev–Trinajstić information content (AvgIpc) is 2.76. The third-order valence-electron chi connectivity index (χ3n) is 2.34. The summed E-state index contributed by atoms with van der Waals surface area (Å²) in [6.45, 7) is 0. The van der Waals surface area contributed by atoms with Crippen molar-refractivity contribution in [3.8, 4) is 11.3 Å². The van der Waals surface area contributed by atoms with Gasteiger partial charge in [0, 0.05) is 0 Å². The van der Waals surface area contributed by atoms with Crippen molar-refractivity contribution < 1.29 is 22.4 Å². The number of aromatic amines is 1. The molecule has 0 unspecified atom stereocenters. The predicted octanol–water partition coefficient (Wildman–Crippen LogP) is 1.73. The summed E-state index contributed by atoms with van der Waals surface area (Å²) in [6.07, 6.45) is -4.80. The van der Waals surface area contributed by atoms with Gasteiger partial charge in [0.2, 0.25) is 0 Å². The quantitative estimate of drug-likeness (QED) is 0.818. The number of primary amides is 1. The summed E-state index contributed by atoms with van der Waals surface area (Å²) in [5.41, 5.74) is 1.69. The summed E-state index contributed by atoms with van der Waals surface area (Å²) in [4.78, 5) is 11.0. The van der Waals surface area contributed by atoms with Gasteiger partial charge in [0.1, 0.15) is 11.5 Å². The zero-order valence-corrected chi connectivity index (χ0v) is 9.12. The van der Waals surface area contributed by atoms with Gasteiger partial charge in [0.25, 0.3) is 5.91 Å². The smallest absolute Gasteiger partial charge is 0.364 e. The number of nitrogens with two attached hydrogens (primary N) is 1. The fraction of sp³-hybridized carbons (Fsp3) is 0.100. The van der Waals surface area contributed by atoms with Crippen LogP contribution in [-0.2, 0) is 6.18 Å². The van der Waals surface area contributed by atoms with Crippen molar-refractivity contribution in [2.24, 2.45) is 5.73 Å². The number of halogens is 4. The number of carbonyl (C=O) groups is 1. The first-order valence-corrected chi connectivity index (χ1v) is 4.89. The van der Waals surface area contributed by atoms with E-state index in [1.54, 1.807) is 0 Å². The average molecular weight is 274 g/mol. The van der Waals surface area contributed by atoms with Gasteiger partial charge in [-0.05, 0) is 12.1 Å². The Hall–Kier alpha value is -2.45. The van der Waals surface area contributed by atoms with Gasteiger partial charge in [-0.15, -0.1) is 0 Å². The topological polar surface area (TPSA) is 84.7 Å². The molecule has 2 aromatic rings. The lowest BCUT2D eigenvalue weighted by Crippen LogP contribution is -2.15. The highest BCUT2D eigenvalue weighted by molar-refractivity contribution is 5.97. The highest BCUT2D eigenvalue weighted by Gasteiger charge is 2.36. The van der Waals surface area contributed by atoms with Crippen LogP contribution in [0, 0.1) is 5.82 Å². The molecule has 0 aliphatic carbocycles. The lowest BCUT2D eigenvalue weighted by molar-refractivity contribution is -0.137. The largest absolute Gasteiger partial charge is 0.417 e. The number of H-pyrrole nitrogens is 1. The third-order valence-corrected chi connectivity index (χ3v) is 2.34. The highest BCUT2D eigenvalue weighted by Crippen LogP contribution is 2.38. The minimum atomic E-state index is -4.80. The maximum Gasteiger partial charge on any atom is 0.417 e. The van der Waals surface area contributed by atoms with Gasteiger partial charge >= 0.3 is 6.18 Å². The fourth-order valence-electron chi connectivity index (χ4n) is 1.58. The maximum atomic E-state index is 13.7. The molecule has 0 atom stereocenters. The summed E-state index contributed by atoms with van der Waals surface area (Å²) in [5, 5.41) is 8.63. The van der Waals surface area contributed by atoms with Crippen LogP contribution in [0.1, 0.15) is 16.1 Å². The predicted molar refractivity (Wildman–Crippen MR) is 55.3 cm³/mol. The number of nitrogens with one attached hydrogen (secondary N) is 1. The minimum Gasteiger partial charge on any atom is -0.364 e. The number of amides is 1. The van der Waals surface area contributed by atoms with Crippen LogP contribution in [0.15, 0.2) is 18.2 Å². The van der Waals surface area contributed by atoms with Gasteiger partial charge in [-0.1, -0.05) is 6.07 Å². The first-order valence-electron chi connectivity index (χ1n) is 4.89. The van der Waals surface area contributed by atoms with Crippen molar-refractivity contribution in [3.05, 3.63) is 35.3 Å². The highest BCUT2D eigenvalue weighted by atomic mass is 19.4. The van der Waals surface area contributed by atoms with Crippen molar-refractivity contribution in [1.82, 2.24) is 15.4 Å². The number of hydrogen-bond donors (Lipinski definition) is 2. The number of rotatable bonds is 2. The van der Waals surface area contributed by atoms with Gasteiger partial charge < -0.3 is 5.73 Å². The van der Waals surface area contributed by atoms with Crippen LogP contribution in [0.5, 0.6) is 0 Å². The van der Waals surface area contributed by atoms with Crippen LogP contribution in [0.25, 0.3) is 11.3 Å². The first-order chi connectivity index (χ1) is 8.82. The number of benzene rings is 1. The standard InChI is InChI=1S/C10H6F4N4O/c11-5-3-1-2-4(10(12,13)14)6(5)7-8(9(15)19)17-18-16-7/h1-3H,(H2,15,19)(H,16,17,18). The molecular formula is C10H6F4N4O. The van der Waals surface area contributed by atoms with Gasteiger partial charge in [-0.2, -0.15) is 28.6 Å². The molecule has 1 amide bonds. The first kappa shape index (κ1) is 13.0. The SMILES string of the molecule is NC(=O)c1n[nH]nc1-c1c(F)cccc1C(F)(F)F. The number of alkyl halides is 3. The summed E-state index contributed by atoms with van der Waals surface area (Å²) < 4.78 is 52.1. The number of nitrogens with zero attached hydrogens (tertiary/aromatic N) is 2. The van der Waals surface area contributed by atoms with Crippen molar-refractivity contribution >= 4 is 5.91 Å². The van der Waals surface area contributed by atoms with Gasteiger partial charge in [-0.25, -0.2) is 4.39 Å². The Labute approximate surface area is 103 Å². The Kier molecular flexibility index (Phi) is 2.97. The molecule has 3 N–H and O–H groups in total. The molecular weight excluding hydrogens is 268 g/mol. The van der Waals surface area contributed by atoms with Crippen LogP contribution < -0.4 is 5.73 Å². The van der Waals surface area contributed by atoms with E-state index >= 15 is 0 Å². The lowest BCUT2D eigenvalue weighted by Gasteiger charge is -2.12. The van der Waals surface area contributed by atoms with Gasteiger partial charge in [-0.3, -0.25) is 4.79 Å². The Morgan fingerprint density at radius 3 is 2.53 bits per heavy atom.